The van der Waals surface area contributed by atoms with Gasteiger partial charge in [0.25, 0.3) is 0 Å². The molecule has 0 aliphatic heterocycles. The van der Waals surface area contributed by atoms with Crippen LogP contribution in [0, 0.1) is 6.92 Å². The number of benzene rings is 3. The van der Waals surface area contributed by atoms with Crippen molar-refractivity contribution in [3.63, 3.8) is 0 Å². The van der Waals surface area contributed by atoms with Crippen LogP contribution in [0.4, 0.5) is 0 Å². The summed E-state index contributed by atoms with van der Waals surface area (Å²) in [6, 6.07) is 18.0. The van der Waals surface area contributed by atoms with E-state index in [1.165, 1.54) is 12.1 Å². The highest BCUT2D eigenvalue weighted by atomic mass is 16.4. The minimum absolute atomic E-state index is 0.00241. The van der Waals surface area contributed by atoms with Crippen LogP contribution in [0.1, 0.15) is 90.8 Å². The standard InChI is InChI=1S/C23H30O3.C9H8O4/c1-5-15-22(3,17-7-11-19(24)12-8-17)21(26)23(4,16-6-2)18-9-13-20(25)14-10-18;1-5-2-6(8(10)11)4-7(3-5)9(12)13/h7-14,24-25H,5-6,15-16H2,1-4H3;2-4H,1H3,(H,10,11)(H,12,13). The maximum absolute atomic E-state index is 13.9. The molecule has 3 rings (SSSR count). The van der Waals surface area contributed by atoms with E-state index in [-0.39, 0.29) is 28.4 Å². The van der Waals surface area contributed by atoms with Crippen molar-refractivity contribution in [3.8, 4) is 11.5 Å². The maximum atomic E-state index is 13.9. The number of ketones is 1. The summed E-state index contributed by atoms with van der Waals surface area (Å²) in [4.78, 5) is 35.0. The van der Waals surface area contributed by atoms with Crippen LogP contribution in [0.2, 0.25) is 0 Å². The largest absolute Gasteiger partial charge is 0.508 e. The van der Waals surface area contributed by atoms with Crippen molar-refractivity contribution in [1.82, 2.24) is 0 Å². The minimum atomic E-state index is -1.12. The van der Waals surface area contributed by atoms with E-state index in [2.05, 4.69) is 13.8 Å². The highest BCUT2D eigenvalue weighted by molar-refractivity contribution is 5.98. The van der Waals surface area contributed by atoms with Gasteiger partial charge >= 0.3 is 11.9 Å². The Morgan fingerprint density at radius 1 is 0.641 bits per heavy atom. The molecule has 2 atom stereocenters. The summed E-state index contributed by atoms with van der Waals surface area (Å²) >= 11 is 0. The molecule has 0 saturated heterocycles. The fourth-order valence-electron chi connectivity index (χ4n) is 5.08. The quantitative estimate of drug-likeness (QED) is 0.223. The smallest absolute Gasteiger partial charge is 0.335 e. The van der Waals surface area contributed by atoms with Crippen molar-refractivity contribution in [2.45, 2.75) is 71.1 Å². The summed E-state index contributed by atoms with van der Waals surface area (Å²) < 4.78 is 0. The molecule has 2 unspecified atom stereocenters. The van der Waals surface area contributed by atoms with Crippen LogP contribution >= 0.6 is 0 Å². The van der Waals surface area contributed by atoms with Crippen molar-refractivity contribution >= 4 is 17.7 Å². The lowest BCUT2D eigenvalue weighted by atomic mass is 9.62. The van der Waals surface area contributed by atoms with Crippen LogP contribution in [0.15, 0.2) is 66.7 Å². The number of carboxylic acids is 2. The molecule has 3 aromatic rings. The molecule has 4 N–H and O–H groups in total. The number of aromatic carboxylic acids is 2. The van der Waals surface area contributed by atoms with Crippen LogP contribution in [0.3, 0.4) is 0 Å². The van der Waals surface area contributed by atoms with Crippen LogP contribution in [0.5, 0.6) is 11.5 Å². The van der Waals surface area contributed by atoms with Crippen molar-refractivity contribution in [1.29, 1.82) is 0 Å². The normalized spacial score (nSPS) is 13.8. The highest BCUT2D eigenvalue weighted by Crippen LogP contribution is 2.42. The molecule has 0 amide bonds. The maximum Gasteiger partial charge on any atom is 0.335 e. The number of Topliss-reactive ketones (excluding diaryl/α,β-unsaturated/α-hetero) is 1. The Bertz CT molecular complexity index is 1200. The van der Waals surface area contributed by atoms with Crippen LogP contribution in [-0.4, -0.2) is 38.1 Å². The molecular formula is C32H38O7. The molecule has 0 bridgehead atoms. The van der Waals surface area contributed by atoms with Crippen molar-refractivity contribution in [3.05, 3.63) is 94.5 Å². The Kier molecular flexibility index (Phi) is 10.4. The number of carbonyl (C=O) groups is 3. The summed E-state index contributed by atoms with van der Waals surface area (Å²) in [7, 11) is 0. The third-order valence-electron chi connectivity index (χ3n) is 7.08. The summed E-state index contributed by atoms with van der Waals surface area (Å²) in [6.45, 7) is 9.85. The first-order chi connectivity index (χ1) is 18.3. The Balaban J connectivity index is 0.000000344. The fourth-order valence-corrected chi connectivity index (χ4v) is 5.08. The summed E-state index contributed by atoms with van der Waals surface area (Å²) in [5, 5.41) is 36.5. The van der Waals surface area contributed by atoms with Crippen molar-refractivity contribution in [2.24, 2.45) is 0 Å². The summed E-state index contributed by atoms with van der Waals surface area (Å²) in [5.74, 6) is -1.65. The molecule has 3 aromatic carbocycles. The van der Waals surface area contributed by atoms with E-state index in [9.17, 15) is 24.6 Å². The Labute approximate surface area is 229 Å². The number of hydrogen-bond acceptors (Lipinski definition) is 5. The average molecular weight is 535 g/mol. The molecule has 0 heterocycles. The van der Waals surface area contributed by atoms with Gasteiger partial charge in [-0.2, -0.15) is 0 Å². The predicted molar refractivity (Wildman–Crippen MR) is 151 cm³/mol. The molecule has 39 heavy (non-hydrogen) atoms. The molecule has 208 valence electrons. The number of carbonyl (C=O) groups excluding carboxylic acids is 1. The van der Waals surface area contributed by atoms with Crippen LogP contribution in [0.25, 0.3) is 0 Å². The molecular weight excluding hydrogens is 496 g/mol. The van der Waals surface area contributed by atoms with Gasteiger partial charge in [0.05, 0.1) is 22.0 Å². The monoisotopic (exact) mass is 534 g/mol. The van der Waals surface area contributed by atoms with Crippen molar-refractivity contribution < 1.29 is 34.8 Å². The topological polar surface area (TPSA) is 132 Å². The Hall–Kier alpha value is -4.13. The third kappa shape index (κ3) is 7.47. The second-order valence-corrected chi connectivity index (χ2v) is 10.3. The zero-order valence-corrected chi connectivity index (χ0v) is 23.2. The first-order valence-electron chi connectivity index (χ1n) is 13.0. The third-order valence-corrected chi connectivity index (χ3v) is 7.08. The van der Waals surface area contributed by atoms with Gasteiger partial charge < -0.3 is 20.4 Å². The summed E-state index contributed by atoms with van der Waals surface area (Å²) in [6.07, 6.45) is 3.27. The molecule has 0 saturated carbocycles. The lowest BCUT2D eigenvalue weighted by molar-refractivity contribution is -0.130. The molecule has 0 aliphatic rings. The van der Waals surface area contributed by atoms with Gasteiger partial charge in [0.2, 0.25) is 0 Å². The SMILES string of the molecule is CCCC(C)(C(=O)C(C)(CCC)c1ccc(O)cc1)c1ccc(O)cc1.Cc1cc(C(=O)O)cc(C(=O)O)c1. The fraction of sp³-hybridized carbons (Fsp3) is 0.344. The number of aryl methyl sites for hydroxylation is 1. The van der Waals surface area contributed by atoms with E-state index in [0.29, 0.717) is 5.56 Å². The van der Waals surface area contributed by atoms with Crippen LogP contribution < -0.4 is 0 Å². The zero-order valence-electron chi connectivity index (χ0n) is 23.2. The second-order valence-electron chi connectivity index (χ2n) is 10.3. The zero-order chi connectivity index (χ0) is 29.4. The van der Waals surface area contributed by atoms with Gasteiger partial charge in [-0.25, -0.2) is 9.59 Å². The Morgan fingerprint density at radius 2 is 0.974 bits per heavy atom. The molecule has 7 heteroatoms. The van der Waals surface area contributed by atoms with Gasteiger partial charge in [-0.15, -0.1) is 0 Å². The van der Waals surface area contributed by atoms with E-state index < -0.39 is 22.8 Å². The number of carboxylic acid groups (broad SMARTS) is 2. The van der Waals surface area contributed by atoms with Crippen molar-refractivity contribution in [2.75, 3.05) is 0 Å². The molecule has 0 aromatic heterocycles. The number of aromatic hydroxyl groups is 2. The van der Waals surface area contributed by atoms with E-state index in [1.54, 1.807) is 31.2 Å². The Morgan fingerprint density at radius 3 is 1.26 bits per heavy atom. The van der Waals surface area contributed by atoms with Gasteiger partial charge in [0.15, 0.2) is 5.78 Å². The second kappa shape index (κ2) is 13.1. The minimum Gasteiger partial charge on any atom is -0.508 e. The summed E-state index contributed by atoms with van der Waals surface area (Å²) in [5.41, 5.74) is 1.22. The van der Waals surface area contributed by atoms with Gasteiger partial charge in [-0.3, -0.25) is 4.79 Å². The van der Waals surface area contributed by atoms with E-state index in [1.807, 2.05) is 38.1 Å². The number of hydrogen-bond donors (Lipinski definition) is 4. The first kappa shape index (κ1) is 31.1. The van der Waals surface area contributed by atoms with Gasteiger partial charge in [-0.05, 0) is 92.8 Å². The lowest BCUT2D eigenvalue weighted by Crippen LogP contribution is -2.46. The lowest BCUT2D eigenvalue weighted by Gasteiger charge is -2.39. The molecule has 0 radical (unpaired) electrons. The number of phenolic OH excluding ortho intramolecular Hbond substituents is 2. The van der Waals surface area contributed by atoms with E-state index >= 15 is 0 Å². The molecule has 7 nitrogen and oxygen atoms in total. The van der Waals surface area contributed by atoms with Gasteiger partial charge in [0, 0.05) is 0 Å². The highest BCUT2D eigenvalue weighted by Gasteiger charge is 2.45. The predicted octanol–water partition coefficient (Wildman–Crippen LogP) is 6.87. The van der Waals surface area contributed by atoms with Crippen LogP contribution in [-0.2, 0) is 15.6 Å². The average Bonchev–Trinajstić information content (AvgIpc) is 2.89. The molecule has 0 fully saturated rings. The number of rotatable bonds is 10. The van der Waals surface area contributed by atoms with E-state index in [0.717, 1.165) is 42.9 Å². The first-order valence-corrected chi connectivity index (χ1v) is 13.0. The molecule has 0 aliphatic carbocycles. The van der Waals surface area contributed by atoms with Gasteiger partial charge in [0.1, 0.15) is 11.5 Å². The molecule has 0 spiro atoms. The van der Waals surface area contributed by atoms with E-state index in [4.69, 9.17) is 10.2 Å². The number of phenols is 2. The van der Waals surface area contributed by atoms with Gasteiger partial charge in [-0.1, -0.05) is 51.0 Å².